The normalized spacial score (nSPS) is 19.1. The van der Waals surface area contributed by atoms with Gasteiger partial charge in [0.25, 0.3) is 0 Å². The van der Waals surface area contributed by atoms with Gasteiger partial charge in [0, 0.05) is 24.7 Å². The highest BCUT2D eigenvalue weighted by molar-refractivity contribution is 5.96. The summed E-state index contributed by atoms with van der Waals surface area (Å²) in [6.07, 6.45) is 2.20. The first-order valence-electron chi connectivity index (χ1n) is 5.81. The number of aryl methyl sites for hydroxylation is 1. The Balaban J connectivity index is 1.91. The zero-order valence-electron chi connectivity index (χ0n) is 9.75. The Hall–Kier alpha value is -1.85. The van der Waals surface area contributed by atoms with Gasteiger partial charge in [-0.25, -0.2) is 0 Å². The van der Waals surface area contributed by atoms with Crippen LogP contribution in [0.3, 0.4) is 0 Å². The van der Waals surface area contributed by atoms with Gasteiger partial charge in [0.15, 0.2) is 5.82 Å². The molecule has 0 bridgehead atoms. The fraction of sp³-hybridized carbons (Fsp3) is 0.545. The molecule has 1 aromatic heterocycles. The van der Waals surface area contributed by atoms with Crippen molar-refractivity contribution in [2.75, 3.05) is 11.9 Å². The van der Waals surface area contributed by atoms with Crippen LogP contribution in [0.15, 0.2) is 6.07 Å². The minimum absolute atomic E-state index is 0.0705. The summed E-state index contributed by atoms with van der Waals surface area (Å²) in [4.78, 5) is 22.8. The summed E-state index contributed by atoms with van der Waals surface area (Å²) in [5.74, 6) is 0.0170. The van der Waals surface area contributed by atoms with Crippen LogP contribution in [0.5, 0.6) is 0 Å². The molecule has 2 heterocycles. The fourth-order valence-corrected chi connectivity index (χ4v) is 1.84. The van der Waals surface area contributed by atoms with E-state index in [1.165, 1.54) is 0 Å². The second-order valence-electron chi connectivity index (χ2n) is 4.22. The lowest BCUT2D eigenvalue weighted by Crippen LogP contribution is -2.24. The number of hydrogen-bond acceptors (Lipinski definition) is 3. The van der Waals surface area contributed by atoms with E-state index in [9.17, 15) is 9.59 Å². The summed E-state index contributed by atoms with van der Waals surface area (Å²) in [7, 11) is 0. The first-order chi connectivity index (χ1) is 8.19. The number of aromatic amines is 1. The first kappa shape index (κ1) is 11.6. The van der Waals surface area contributed by atoms with Crippen LogP contribution in [0.4, 0.5) is 5.82 Å². The summed E-state index contributed by atoms with van der Waals surface area (Å²) < 4.78 is 0. The number of amides is 2. The molecule has 2 amide bonds. The number of carbonyl (C=O) groups is 2. The molecule has 2 rings (SSSR count). The average molecular weight is 236 g/mol. The van der Waals surface area contributed by atoms with Gasteiger partial charge in [-0.3, -0.25) is 14.7 Å². The number of carbonyl (C=O) groups excluding carboxylic acids is 2. The second-order valence-corrected chi connectivity index (χ2v) is 4.22. The van der Waals surface area contributed by atoms with Gasteiger partial charge in [-0.2, -0.15) is 5.10 Å². The Morgan fingerprint density at radius 2 is 2.47 bits per heavy atom. The Kier molecular flexibility index (Phi) is 3.41. The third-order valence-electron chi connectivity index (χ3n) is 2.75. The number of hydrogen-bond donors (Lipinski definition) is 3. The van der Waals surface area contributed by atoms with Crippen LogP contribution in [0.1, 0.15) is 25.5 Å². The average Bonchev–Trinajstić information content (AvgIpc) is 2.88. The molecule has 1 aliphatic heterocycles. The predicted molar refractivity (Wildman–Crippen MR) is 62.3 cm³/mol. The van der Waals surface area contributed by atoms with Crippen LogP contribution in [-0.2, 0) is 16.0 Å². The molecule has 0 aromatic carbocycles. The van der Waals surface area contributed by atoms with Gasteiger partial charge in [-0.1, -0.05) is 13.3 Å². The van der Waals surface area contributed by atoms with Gasteiger partial charge in [0.2, 0.25) is 11.8 Å². The van der Waals surface area contributed by atoms with E-state index in [2.05, 4.69) is 27.8 Å². The van der Waals surface area contributed by atoms with Crippen molar-refractivity contribution in [3.63, 3.8) is 0 Å². The fourth-order valence-electron chi connectivity index (χ4n) is 1.84. The minimum Gasteiger partial charge on any atom is -0.355 e. The summed E-state index contributed by atoms with van der Waals surface area (Å²) in [5.41, 5.74) is 1.00. The van der Waals surface area contributed by atoms with Crippen molar-refractivity contribution >= 4 is 17.6 Å². The molecule has 1 fully saturated rings. The molecule has 17 heavy (non-hydrogen) atoms. The van der Waals surface area contributed by atoms with E-state index in [0.29, 0.717) is 12.4 Å². The van der Waals surface area contributed by atoms with Gasteiger partial charge in [-0.15, -0.1) is 0 Å². The zero-order valence-corrected chi connectivity index (χ0v) is 9.75. The van der Waals surface area contributed by atoms with Crippen molar-refractivity contribution in [1.82, 2.24) is 15.5 Å². The van der Waals surface area contributed by atoms with E-state index in [1.54, 1.807) is 0 Å². The summed E-state index contributed by atoms with van der Waals surface area (Å²) in [6.45, 7) is 2.49. The molecule has 1 saturated heterocycles. The van der Waals surface area contributed by atoms with E-state index in [1.807, 2.05) is 6.07 Å². The quantitative estimate of drug-likeness (QED) is 0.708. The molecule has 3 N–H and O–H groups in total. The Bertz CT molecular complexity index is 427. The second kappa shape index (κ2) is 4.99. The predicted octanol–water partition coefficient (Wildman–Crippen LogP) is 0.437. The van der Waals surface area contributed by atoms with Gasteiger partial charge in [-0.05, 0) is 6.42 Å². The molecule has 1 unspecified atom stereocenters. The molecule has 92 valence electrons. The highest BCUT2D eigenvalue weighted by Gasteiger charge is 2.28. The lowest BCUT2D eigenvalue weighted by molar-refractivity contribution is -0.123. The molecular formula is C11H16N4O2. The van der Waals surface area contributed by atoms with Crippen molar-refractivity contribution in [1.29, 1.82) is 0 Å². The van der Waals surface area contributed by atoms with Crippen LogP contribution >= 0.6 is 0 Å². The van der Waals surface area contributed by atoms with Crippen molar-refractivity contribution in [2.24, 2.45) is 5.92 Å². The molecule has 0 saturated carbocycles. The first-order valence-corrected chi connectivity index (χ1v) is 5.81. The van der Waals surface area contributed by atoms with Crippen LogP contribution in [-0.4, -0.2) is 28.6 Å². The molecule has 0 radical (unpaired) electrons. The third kappa shape index (κ3) is 2.83. The van der Waals surface area contributed by atoms with Gasteiger partial charge in [0.1, 0.15) is 0 Å². The molecule has 1 aromatic rings. The summed E-state index contributed by atoms with van der Waals surface area (Å²) in [5, 5.41) is 12.2. The van der Waals surface area contributed by atoms with Crippen LogP contribution < -0.4 is 10.6 Å². The maximum atomic E-state index is 11.8. The molecule has 1 atom stereocenters. The minimum atomic E-state index is -0.283. The topological polar surface area (TPSA) is 86.9 Å². The Morgan fingerprint density at radius 3 is 3.12 bits per heavy atom. The number of aromatic nitrogens is 2. The molecule has 1 aliphatic rings. The van der Waals surface area contributed by atoms with Crippen molar-refractivity contribution in [3.05, 3.63) is 11.8 Å². The Labute approximate surface area is 99.2 Å². The summed E-state index contributed by atoms with van der Waals surface area (Å²) in [6, 6.07) is 1.83. The Morgan fingerprint density at radius 1 is 1.65 bits per heavy atom. The van der Waals surface area contributed by atoms with E-state index in [0.717, 1.165) is 18.5 Å². The third-order valence-corrected chi connectivity index (χ3v) is 2.75. The highest BCUT2D eigenvalue weighted by atomic mass is 16.2. The van der Waals surface area contributed by atoms with Crippen molar-refractivity contribution < 1.29 is 9.59 Å². The zero-order chi connectivity index (χ0) is 12.3. The molecule has 0 aliphatic carbocycles. The van der Waals surface area contributed by atoms with Crippen molar-refractivity contribution in [2.45, 2.75) is 26.2 Å². The van der Waals surface area contributed by atoms with Crippen LogP contribution in [0.2, 0.25) is 0 Å². The van der Waals surface area contributed by atoms with Gasteiger partial charge >= 0.3 is 0 Å². The van der Waals surface area contributed by atoms with Crippen molar-refractivity contribution in [3.8, 4) is 0 Å². The van der Waals surface area contributed by atoms with Crippen LogP contribution in [0, 0.1) is 5.92 Å². The highest BCUT2D eigenvalue weighted by Crippen LogP contribution is 2.13. The smallest absolute Gasteiger partial charge is 0.230 e. The maximum absolute atomic E-state index is 11.8. The number of anilines is 1. The lowest BCUT2D eigenvalue weighted by atomic mass is 10.1. The number of nitrogens with one attached hydrogen (secondary N) is 3. The SMILES string of the molecule is CCCc1cc(NC(=O)C2CNC(=O)C2)n[nH]1. The van der Waals surface area contributed by atoms with Gasteiger partial charge < -0.3 is 10.6 Å². The van der Waals surface area contributed by atoms with Gasteiger partial charge in [0.05, 0.1) is 5.92 Å². The standard InChI is InChI=1S/C11H16N4O2/c1-2-3-8-5-9(15-14-8)13-11(17)7-4-10(16)12-6-7/h5,7H,2-4,6H2,1H3,(H,12,16)(H2,13,14,15,17). The van der Waals surface area contributed by atoms with E-state index in [-0.39, 0.29) is 24.2 Å². The molecule has 6 nitrogen and oxygen atoms in total. The largest absolute Gasteiger partial charge is 0.355 e. The number of rotatable bonds is 4. The lowest BCUT2D eigenvalue weighted by Gasteiger charge is -2.05. The maximum Gasteiger partial charge on any atom is 0.230 e. The van der Waals surface area contributed by atoms with Crippen LogP contribution in [0.25, 0.3) is 0 Å². The number of H-pyrrole nitrogens is 1. The van der Waals surface area contributed by atoms with E-state index in [4.69, 9.17) is 0 Å². The molecule has 0 spiro atoms. The number of nitrogens with zero attached hydrogens (tertiary/aromatic N) is 1. The molecular weight excluding hydrogens is 220 g/mol. The van der Waals surface area contributed by atoms with E-state index < -0.39 is 0 Å². The van der Waals surface area contributed by atoms with E-state index >= 15 is 0 Å². The summed E-state index contributed by atoms with van der Waals surface area (Å²) >= 11 is 0. The molecule has 6 heteroatoms. The monoisotopic (exact) mass is 236 g/mol.